The van der Waals surface area contributed by atoms with Gasteiger partial charge in [0.1, 0.15) is 0 Å². The van der Waals surface area contributed by atoms with Crippen molar-refractivity contribution in [2.75, 3.05) is 37.2 Å². The highest BCUT2D eigenvalue weighted by molar-refractivity contribution is 7.92. The van der Waals surface area contributed by atoms with Crippen LogP contribution in [-0.4, -0.2) is 58.5 Å². The zero-order valence-electron chi connectivity index (χ0n) is 19.2. The molecular formula is C22H30N4O5S2. The Balaban J connectivity index is 1.66. The van der Waals surface area contributed by atoms with Crippen LogP contribution in [0, 0.1) is 19.8 Å². The van der Waals surface area contributed by atoms with Gasteiger partial charge in [-0.25, -0.2) is 8.42 Å². The number of nitrogens with one attached hydrogen (secondary N) is 2. The molecule has 0 bridgehead atoms. The molecule has 1 saturated heterocycles. The summed E-state index contributed by atoms with van der Waals surface area (Å²) in [5.74, 6) is -0.777. The van der Waals surface area contributed by atoms with E-state index >= 15 is 0 Å². The predicted octanol–water partition coefficient (Wildman–Crippen LogP) is 2.56. The van der Waals surface area contributed by atoms with E-state index in [1.165, 1.54) is 42.7 Å². The number of anilines is 2. The summed E-state index contributed by atoms with van der Waals surface area (Å²) < 4.78 is 55.1. The minimum atomic E-state index is -3.78. The number of amides is 1. The minimum Gasteiger partial charge on any atom is -0.326 e. The number of carbonyl (C=O) groups is 1. The molecule has 2 N–H and O–H groups in total. The fraction of sp³-hybridized carbons (Fsp3) is 0.409. The Hall–Kier alpha value is -2.47. The van der Waals surface area contributed by atoms with Gasteiger partial charge in [-0.05, 0) is 74.2 Å². The monoisotopic (exact) mass is 494 g/mol. The van der Waals surface area contributed by atoms with Crippen molar-refractivity contribution in [1.29, 1.82) is 0 Å². The number of hydrogen-bond donors (Lipinski definition) is 2. The minimum absolute atomic E-state index is 0.0691. The summed E-state index contributed by atoms with van der Waals surface area (Å²) in [5, 5.41) is 2.77. The zero-order valence-corrected chi connectivity index (χ0v) is 20.8. The highest BCUT2D eigenvalue weighted by Gasteiger charge is 2.33. The molecule has 33 heavy (non-hydrogen) atoms. The van der Waals surface area contributed by atoms with Crippen LogP contribution >= 0.6 is 0 Å². The molecule has 2 aromatic carbocycles. The molecule has 1 fully saturated rings. The number of aryl methyl sites for hydroxylation is 2. The predicted molar refractivity (Wildman–Crippen MR) is 129 cm³/mol. The topological polar surface area (TPSA) is 116 Å². The first-order valence-electron chi connectivity index (χ1n) is 10.6. The van der Waals surface area contributed by atoms with Crippen LogP contribution in [0.5, 0.6) is 0 Å². The van der Waals surface area contributed by atoms with Crippen molar-refractivity contribution in [3.63, 3.8) is 0 Å². The first-order valence-corrected chi connectivity index (χ1v) is 13.5. The SMILES string of the molecule is Cc1ccc(NS(=O)(=O)c2ccc(NC(=O)[C@@H]3CCCN(S(=O)(=O)N(C)C)C3)cc2)cc1C. The van der Waals surface area contributed by atoms with Gasteiger partial charge in [-0.3, -0.25) is 9.52 Å². The summed E-state index contributed by atoms with van der Waals surface area (Å²) in [7, 11) is -4.44. The summed E-state index contributed by atoms with van der Waals surface area (Å²) >= 11 is 0. The van der Waals surface area contributed by atoms with Crippen LogP contribution in [-0.2, 0) is 25.0 Å². The van der Waals surface area contributed by atoms with Crippen LogP contribution in [0.4, 0.5) is 11.4 Å². The van der Waals surface area contributed by atoms with Crippen molar-refractivity contribution in [1.82, 2.24) is 8.61 Å². The van der Waals surface area contributed by atoms with Gasteiger partial charge in [0, 0.05) is 38.6 Å². The smallest absolute Gasteiger partial charge is 0.281 e. The summed E-state index contributed by atoms with van der Waals surface area (Å²) in [6.45, 7) is 4.35. The Morgan fingerprint density at radius 3 is 2.21 bits per heavy atom. The zero-order chi connectivity index (χ0) is 24.4. The Kier molecular flexibility index (Phi) is 7.47. The highest BCUT2D eigenvalue weighted by atomic mass is 32.2. The van der Waals surface area contributed by atoms with Gasteiger partial charge in [-0.1, -0.05) is 6.07 Å². The van der Waals surface area contributed by atoms with Crippen molar-refractivity contribution in [3.05, 3.63) is 53.6 Å². The molecule has 2 aromatic rings. The average Bonchev–Trinajstić information content (AvgIpc) is 2.76. The fourth-order valence-corrected chi connectivity index (χ4v) is 5.82. The first-order chi connectivity index (χ1) is 15.4. The maximum atomic E-state index is 12.7. The molecule has 0 unspecified atom stereocenters. The Morgan fingerprint density at radius 2 is 1.61 bits per heavy atom. The van der Waals surface area contributed by atoms with E-state index < -0.39 is 26.2 Å². The molecule has 1 aliphatic heterocycles. The normalized spacial score (nSPS) is 17.7. The molecule has 1 heterocycles. The van der Waals surface area contributed by atoms with Gasteiger partial charge < -0.3 is 5.32 Å². The lowest BCUT2D eigenvalue weighted by molar-refractivity contribution is -0.120. The maximum absolute atomic E-state index is 12.7. The molecule has 9 nitrogen and oxygen atoms in total. The van der Waals surface area contributed by atoms with Crippen molar-refractivity contribution in [2.24, 2.45) is 5.92 Å². The van der Waals surface area contributed by atoms with E-state index in [9.17, 15) is 21.6 Å². The lowest BCUT2D eigenvalue weighted by atomic mass is 9.99. The van der Waals surface area contributed by atoms with Crippen LogP contribution in [0.25, 0.3) is 0 Å². The number of piperidine rings is 1. The van der Waals surface area contributed by atoms with Crippen molar-refractivity contribution < 1.29 is 21.6 Å². The van der Waals surface area contributed by atoms with Gasteiger partial charge >= 0.3 is 0 Å². The number of hydrogen-bond acceptors (Lipinski definition) is 5. The second-order valence-corrected chi connectivity index (χ2v) is 12.2. The lowest BCUT2D eigenvalue weighted by Gasteiger charge is -2.32. The third-order valence-corrected chi connectivity index (χ3v) is 9.04. The van der Waals surface area contributed by atoms with Gasteiger partial charge in [-0.2, -0.15) is 17.0 Å². The number of sulfonamides is 1. The van der Waals surface area contributed by atoms with E-state index in [0.29, 0.717) is 30.8 Å². The lowest BCUT2D eigenvalue weighted by Crippen LogP contribution is -2.47. The average molecular weight is 495 g/mol. The number of carbonyl (C=O) groups excluding carboxylic acids is 1. The summed E-state index contributed by atoms with van der Waals surface area (Å²) in [6, 6.07) is 11.2. The van der Waals surface area contributed by atoms with E-state index in [2.05, 4.69) is 10.0 Å². The van der Waals surface area contributed by atoms with E-state index in [-0.39, 0.29) is 17.3 Å². The summed E-state index contributed by atoms with van der Waals surface area (Å²) in [4.78, 5) is 12.8. The summed E-state index contributed by atoms with van der Waals surface area (Å²) in [5.41, 5.74) is 2.97. The van der Waals surface area contributed by atoms with Crippen molar-refractivity contribution >= 4 is 37.5 Å². The molecule has 1 atom stereocenters. The van der Waals surface area contributed by atoms with Gasteiger partial charge in [0.05, 0.1) is 10.8 Å². The Morgan fingerprint density at radius 1 is 0.970 bits per heavy atom. The molecule has 0 spiro atoms. The number of nitrogens with zero attached hydrogens (tertiary/aromatic N) is 2. The second kappa shape index (κ2) is 9.80. The van der Waals surface area contributed by atoms with Crippen LogP contribution in [0.1, 0.15) is 24.0 Å². The maximum Gasteiger partial charge on any atom is 0.281 e. The molecule has 1 amide bonds. The van der Waals surface area contributed by atoms with Gasteiger partial charge in [0.25, 0.3) is 20.2 Å². The molecular weight excluding hydrogens is 464 g/mol. The van der Waals surface area contributed by atoms with Crippen LogP contribution in [0.15, 0.2) is 47.4 Å². The van der Waals surface area contributed by atoms with Crippen LogP contribution in [0.2, 0.25) is 0 Å². The van der Waals surface area contributed by atoms with Crippen LogP contribution < -0.4 is 10.0 Å². The fourth-order valence-electron chi connectivity index (χ4n) is 3.58. The first kappa shape index (κ1) is 25.2. The van der Waals surface area contributed by atoms with Gasteiger partial charge in [0.2, 0.25) is 5.91 Å². The molecule has 0 aromatic heterocycles. The van der Waals surface area contributed by atoms with Crippen LogP contribution in [0.3, 0.4) is 0 Å². The standard InChI is InChI=1S/C22H30N4O5S2/c1-16-7-8-20(14-17(16)2)24-32(28,29)21-11-9-19(10-12-21)23-22(27)18-6-5-13-26(15-18)33(30,31)25(3)4/h7-12,14,18,24H,5-6,13,15H2,1-4H3,(H,23,27)/t18-/m1/s1. The van der Waals surface area contributed by atoms with E-state index in [1.54, 1.807) is 12.1 Å². The van der Waals surface area contributed by atoms with Gasteiger partial charge in [0.15, 0.2) is 0 Å². The molecule has 0 radical (unpaired) electrons. The third kappa shape index (κ3) is 5.91. The van der Waals surface area contributed by atoms with E-state index in [0.717, 1.165) is 15.4 Å². The molecule has 180 valence electrons. The number of benzene rings is 2. The molecule has 0 aliphatic carbocycles. The third-order valence-electron chi connectivity index (χ3n) is 5.73. The van der Waals surface area contributed by atoms with Gasteiger partial charge in [-0.15, -0.1) is 0 Å². The molecule has 11 heteroatoms. The van der Waals surface area contributed by atoms with E-state index in [1.807, 2.05) is 19.9 Å². The highest BCUT2D eigenvalue weighted by Crippen LogP contribution is 2.23. The number of rotatable bonds is 7. The van der Waals surface area contributed by atoms with Crippen molar-refractivity contribution in [3.8, 4) is 0 Å². The Labute approximate surface area is 196 Å². The van der Waals surface area contributed by atoms with Crippen molar-refractivity contribution in [2.45, 2.75) is 31.6 Å². The summed E-state index contributed by atoms with van der Waals surface area (Å²) in [6.07, 6.45) is 1.17. The molecule has 0 saturated carbocycles. The molecule has 1 aliphatic rings. The second-order valence-electron chi connectivity index (χ2n) is 8.41. The largest absolute Gasteiger partial charge is 0.326 e. The Bertz CT molecular complexity index is 1230. The molecule has 3 rings (SSSR count). The quantitative estimate of drug-likeness (QED) is 0.614. The van der Waals surface area contributed by atoms with E-state index in [4.69, 9.17) is 0 Å².